The van der Waals surface area contributed by atoms with Crippen LogP contribution in [0.4, 0.5) is 26.3 Å². The number of hydrogen-bond acceptors (Lipinski definition) is 2. The van der Waals surface area contributed by atoms with Gasteiger partial charge in [-0.25, -0.2) is 0 Å². The van der Waals surface area contributed by atoms with E-state index in [9.17, 15) is 26.3 Å². The van der Waals surface area contributed by atoms with Crippen molar-refractivity contribution in [2.75, 3.05) is 0 Å². The van der Waals surface area contributed by atoms with Crippen molar-refractivity contribution in [3.05, 3.63) is 33.3 Å². The van der Waals surface area contributed by atoms with Gasteiger partial charge in [-0.15, -0.1) is 5.10 Å². The fourth-order valence-corrected chi connectivity index (χ4v) is 1.89. The summed E-state index contributed by atoms with van der Waals surface area (Å²) >= 11 is 2.47. The fraction of sp³-hybridized carbons (Fsp3) is 0.200. The topological polar surface area (TPSA) is 76.8 Å². The van der Waals surface area contributed by atoms with Gasteiger partial charge in [-0.2, -0.15) is 31.4 Å². The number of alkyl halides is 6. The molecule has 0 amide bonds. The van der Waals surface area contributed by atoms with Gasteiger partial charge in [-0.05, 0) is 12.1 Å². The van der Waals surface area contributed by atoms with Crippen LogP contribution < -0.4 is 11.5 Å². The van der Waals surface area contributed by atoms with E-state index in [-0.39, 0.29) is 0 Å². The lowest BCUT2D eigenvalue weighted by molar-refractivity contribution is -0.141. The van der Waals surface area contributed by atoms with E-state index in [4.69, 9.17) is 11.5 Å². The predicted octanol–water partition coefficient (Wildman–Crippen LogP) is 3.09. The Morgan fingerprint density at radius 3 is 1.95 bits per heavy atom. The molecule has 0 atom stereocenters. The monoisotopic (exact) mass is 376 g/mol. The standard InChI is InChI=1S/C10H7BrF6N4/c11-7-2-5(9(12,13)14)4(3-20-21-8(18)19)1-6(7)10(15,16)17/h1-3H,(H4,18,19,21). The van der Waals surface area contributed by atoms with E-state index >= 15 is 0 Å². The minimum absolute atomic E-state index is 0.304. The molecule has 0 aliphatic carbocycles. The zero-order valence-electron chi connectivity index (χ0n) is 9.93. The summed E-state index contributed by atoms with van der Waals surface area (Å²) in [4.78, 5) is 0. The molecule has 0 saturated heterocycles. The molecule has 0 bridgehead atoms. The van der Waals surface area contributed by atoms with Gasteiger partial charge in [0.1, 0.15) is 0 Å². The minimum atomic E-state index is -4.87. The van der Waals surface area contributed by atoms with E-state index in [1.54, 1.807) is 0 Å². The molecule has 0 aromatic heterocycles. The Labute approximate surface area is 122 Å². The Kier molecular flexibility index (Phi) is 4.87. The molecule has 4 nitrogen and oxygen atoms in total. The van der Waals surface area contributed by atoms with Crippen molar-refractivity contribution in [1.82, 2.24) is 0 Å². The normalized spacial score (nSPS) is 12.7. The van der Waals surface area contributed by atoms with Crippen LogP contribution in [-0.4, -0.2) is 12.2 Å². The average molecular weight is 377 g/mol. The third-order valence-electron chi connectivity index (χ3n) is 2.12. The lowest BCUT2D eigenvalue weighted by Gasteiger charge is -2.15. The van der Waals surface area contributed by atoms with Gasteiger partial charge in [0, 0.05) is 10.0 Å². The first-order valence-electron chi connectivity index (χ1n) is 5.03. The second-order valence-corrected chi connectivity index (χ2v) is 4.54. The van der Waals surface area contributed by atoms with Crippen LogP contribution in [0.2, 0.25) is 0 Å². The van der Waals surface area contributed by atoms with Crippen LogP contribution in [0.1, 0.15) is 16.7 Å². The first kappa shape index (κ1) is 17.3. The third kappa shape index (κ3) is 4.62. The fourth-order valence-electron chi connectivity index (χ4n) is 1.32. The summed E-state index contributed by atoms with van der Waals surface area (Å²) in [7, 11) is 0. The number of hydrogen-bond donors (Lipinski definition) is 2. The van der Waals surface area contributed by atoms with Gasteiger partial charge in [0.2, 0.25) is 5.96 Å². The Morgan fingerprint density at radius 1 is 1.00 bits per heavy atom. The largest absolute Gasteiger partial charge is 0.417 e. The van der Waals surface area contributed by atoms with Crippen LogP contribution in [0.25, 0.3) is 0 Å². The van der Waals surface area contributed by atoms with E-state index < -0.39 is 39.5 Å². The lowest BCUT2D eigenvalue weighted by Crippen LogP contribution is -2.21. The van der Waals surface area contributed by atoms with E-state index in [1.807, 2.05) is 0 Å². The number of nitrogens with zero attached hydrogens (tertiary/aromatic N) is 2. The molecule has 0 saturated carbocycles. The highest BCUT2D eigenvalue weighted by Crippen LogP contribution is 2.40. The van der Waals surface area contributed by atoms with Crippen LogP contribution >= 0.6 is 15.9 Å². The van der Waals surface area contributed by atoms with E-state index in [1.165, 1.54) is 0 Å². The Balaban J connectivity index is 3.49. The second kappa shape index (κ2) is 5.92. The minimum Gasteiger partial charge on any atom is -0.369 e. The van der Waals surface area contributed by atoms with Gasteiger partial charge >= 0.3 is 12.4 Å². The molecule has 0 aliphatic rings. The van der Waals surface area contributed by atoms with Crippen molar-refractivity contribution in [3.8, 4) is 0 Å². The number of nitrogens with two attached hydrogens (primary N) is 2. The average Bonchev–Trinajstić information content (AvgIpc) is 2.27. The molecule has 0 aliphatic heterocycles. The molecule has 0 unspecified atom stereocenters. The summed E-state index contributed by atoms with van der Waals surface area (Å²) in [5.41, 5.74) is 6.41. The zero-order chi connectivity index (χ0) is 16.4. The molecule has 116 valence electrons. The molecular weight excluding hydrogens is 370 g/mol. The molecule has 21 heavy (non-hydrogen) atoms. The maximum atomic E-state index is 12.8. The molecule has 0 heterocycles. The van der Waals surface area contributed by atoms with Crippen LogP contribution in [0.15, 0.2) is 26.8 Å². The van der Waals surface area contributed by atoms with Crippen LogP contribution in [0.5, 0.6) is 0 Å². The zero-order valence-corrected chi connectivity index (χ0v) is 11.5. The molecule has 4 N–H and O–H groups in total. The van der Waals surface area contributed by atoms with Gasteiger partial charge < -0.3 is 11.5 Å². The molecule has 1 rings (SSSR count). The Morgan fingerprint density at radius 2 is 1.52 bits per heavy atom. The van der Waals surface area contributed by atoms with Crippen molar-refractivity contribution in [3.63, 3.8) is 0 Å². The van der Waals surface area contributed by atoms with Crippen LogP contribution in [-0.2, 0) is 12.4 Å². The molecule has 0 fully saturated rings. The van der Waals surface area contributed by atoms with Gasteiger partial charge in [0.15, 0.2) is 0 Å². The SMILES string of the molecule is NC(N)=NN=Cc1cc(C(F)(F)F)c(Br)cc1C(F)(F)F. The molecule has 0 spiro atoms. The number of guanidine groups is 1. The van der Waals surface area contributed by atoms with E-state index in [0.29, 0.717) is 18.3 Å². The lowest BCUT2D eigenvalue weighted by atomic mass is 10.0. The van der Waals surface area contributed by atoms with Crippen LogP contribution in [0.3, 0.4) is 0 Å². The van der Waals surface area contributed by atoms with Crippen LogP contribution in [0, 0.1) is 0 Å². The van der Waals surface area contributed by atoms with Gasteiger partial charge in [0.05, 0.1) is 17.3 Å². The van der Waals surface area contributed by atoms with Gasteiger partial charge in [0.25, 0.3) is 0 Å². The number of rotatable bonds is 2. The molecule has 1 aromatic carbocycles. The van der Waals surface area contributed by atoms with E-state index in [0.717, 1.165) is 0 Å². The van der Waals surface area contributed by atoms with Crippen molar-refractivity contribution < 1.29 is 26.3 Å². The maximum absolute atomic E-state index is 12.8. The maximum Gasteiger partial charge on any atom is 0.417 e. The predicted molar refractivity (Wildman–Crippen MR) is 67.5 cm³/mol. The van der Waals surface area contributed by atoms with Crippen molar-refractivity contribution in [1.29, 1.82) is 0 Å². The van der Waals surface area contributed by atoms with Gasteiger partial charge in [-0.1, -0.05) is 15.9 Å². The smallest absolute Gasteiger partial charge is 0.369 e. The summed E-state index contributed by atoms with van der Waals surface area (Å²) < 4.78 is 75.7. The highest BCUT2D eigenvalue weighted by molar-refractivity contribution is 9.10. The van der Waals surface area contributed by atoms with Crippen molar-refractivity contribution in [2.24, 2.45) is 21.7 Å². The Bertz CT molecular complexity index is 586. The van der Waals surface area contributed by atoms with E-state index in [2.05, 4.69) is 26.1 Å². The molecule has 11 heteroatoms. The highest BCUT2D eigenvalue weighted by atomic mass is 79.9. The number of halogens is 7. The Hall–Kier alpha value is -1.78. The summed E-state index contributed by atoms with van der Waals surface area (Å²) in [5.74, 6) is -0.548. The second-order valence-electron chi connectivity index (χ2n) is 3.68. The van der Waals surface area contributed by atoms with Gasteiger partial charge in [-0.3, -0.25) is 0 Å². The molecule has 0 radical (unpaired) electrons. The quantitative estimate of drug-likeness (QED) is 0.360. The summed E-state index contributed by atoms with van der Waals surface area (Å²) in [6.45, 7) is 0. The highest BCUT2D eigenvalue weighted by Gasteiger charge is 2.38. The van der Waals surface area contributed by atoms with Crippen molar-refractivity contribution in [2.45, 2.75) is 12.4 Å². The third-order valence-corrected chi connectivity index (χ3v) is 2.78. The summed E-state index contributed by atoms with van der Waals surface area (Å²) in [6.07, 6.45) is -9.21. The number of benzene rings is 1. The van der Waals surface area contributed by atoms with Crippen molar-refractivity contribution >= 4 is 28.1 Å². The summed E-state index contributed by atoms with van der Waals surface area (Å²) in [5, 5.41) is 6.14. The molecular formula is C10H7BrF6N4. The summed E-state index contributed by atoms with van der Waals surface area (Å²) in [6, 6.07) is 0.623. The molecule has 1 aromatic rings. The first-order valence-corrected chi connectivity index (χ1v) is 5.82. The first-order chi connectivity index (χ1) is 9.43.